The van der Waals surface area contributed by atoms with Crippen molar-refractivity contribution in [3.63, 3.8) is 0 Å². The van der Waals surface area contributed by atoms with E-state index in [1.54, 1.807) is 42.5 Å². The lowest BCUT2D eigenvalue weighted by molar-refractivity contribution is 0.102. The first kappa shape index (κ1) is 21.4. The predicted molar refractivity (Wildman–Crippen MR) is 126 cm³/mol. The van der Waals surface area contributed by atoms with Crippen molar-refractivity contribution in [2.24, 2.45) is 5.73 Å². The molecule has 0 atom stereocenters. The van der Waals surface area contributed by atoms with E-state index in [0.717, 1.165) is 5.52 Å². The molecule has 0 unspecified atom stereocenters. The van der Waals surface area contributed by atoms with E-state index in [1.165, 1.54) is 6.20 Å². The summed E-state index contributed by atoms with van der Waals surface area (Å²) in [5, 5.41) is 7.32. The predicted octanol–water partition coefficient (Wildman–Crippen LogP) is 5.35. The second-order valence-electron chi connectivity index (χ2n) is 6.61. The van der Waals surface area contributed by atoms with Crippen molar-refractivity contribution in [2.75, 3.05) is 17.2 Å². The van der Waals surface area contributed by atoms with Gasteiger partial charge in [-0.25, -0.2) is 9.97 Å². The molecular formula is C21H17Cl3N6O. The molecule has 0 fully saturated rings. The third-order valence-electron chi connectivity index (χ3n) is 4.53. The summed E-state index contributed by atoms with van der Waals surface area (Å²) in [6.07, 6.45) is 1.52. The van der Waals surface area contributed by atoms with Crippen LogP contribution in [0, 0.1) is 0 Å². The number of imidazole rings is 1. The summed E-state index contributed by atoms with van der Waals surface area (Å²) in [6, 6.07) is 13.7. The Bertz CT molecular complexity index is 1250. The summed E-state index contributed by atoms with van der Waals surface area (Å²) in [7, 11) is 0. The molecule has 0 aliphatic carbocycles. The summed E-state index contributed by atoms with van der Waals surface area (Å²) in [5.41, 5.74) is 8.20. The van der Waals surface area contributed by atoms with Crippen molar-refractivity contribution < 1.29 is 4.79 Å². The molecule has 7 nitrogen and oxygen atoms in total. The highest BCUT2D eigenvalue weighted by molar-refractivity contribution is 6.39. The summed E-state index contributed by atoms with van der Waals surface area (Å²) in [4.78, 5) is 21.4. The number of nitrogens with two attached hydrogens (primary N) is 1. The largest absolute Gasteiger partial charge is 0.329 e. The molecule has 0 aliphatic heterocycles. The third-order valence-corrected chi connectivity index (χ3v) is 5.39. The van der Waals surface area contributed by atoms with Gasteiger partial charge in [-0.3, -0.25) is 4.79 Å². The van der Waals surface area contributed by atoms with Gasteiger partial charge in [0, 0.05) is 29.9 Å². The number of fused-ring (bicyclic) bond motifs is 1. The molecule has 4 aromatic rings. The van der Waals surface area contributed by atoms with Gasteiger partial charge in [-0.2, -0.15) is 0 Å². The van der Waals surface area contributed by atoms with Crippen LogP contribution in [0.25, 0.3) is 11.0 Å². The number of anilines is 3. The van der Waals surface area contributed by atoms with Crippen LogP contribution in [0.5, 0.6) is 0 Å². The summed E-state index contributed by atoms with van der Waals surface area (Å²) in [5.74, 6) is 0.556. The molecule has 0 saturated carbocycles. The number of halogens is 3. The fourth-order valence-corrected chi connectivity index (χ4v) is 3.76. The molecule has 4 N–H and O–H groups in total. The zero-order valence-electron chi connectivity index (χ0n) is 16.1. The number of hydrogen-bond acceptors (Lipinski definition) is 5. The number of aromatic nitrogens is 3. The summed E-state index contributed by atoms with van der Waals surface area (Å²) in [6.45, 7) is 0.915. The molecule has 1 amide bonds. The molecule has 2 aromatic carbocycles. The van der Waals surface area contributed by atoms with Gasteiger partial charge >= 0.3 is 0 Å². The van der Waals surface area contributed by atoms with Crippen molar-refractivity contribution in [2.45, 2.75) is 6.54 Å². The maximum atomic E-state index is 12.7. The van der Waals surface area contributed by atoms with Gasteiger partial charge in [-0.05, 0) is 42.5 Å². The zero-order valence-corrected chi connectivity index (χ0v) is 18.3. The van der Waals surface area contributed by atoms with Crippen LogP contribution in [0.2, 0.25) is 15.1 Å². The van der Waals surface area contributed by atoms with Gasteiger partial charge < -0.3 is 20.9 Å². The number of nitrogens with one attached hydrogen (secondary N) is 2. The van der Waals surface area contributed by atoms with E-state index >= 15 is 0 Å². The van der Waals surface area contributed by atoms with Crippen LogP contribution in [-0.4, -0.2) is 27.0 Å². The number of benzene rings is 2. The molecule has 31 heavy (non-hydrogen) atoms. The van der Waals surface area contributed by atoms with Crippen molar-refractivity contribution in [1.29, 1.82) is 0 Å². The van der Waals surface area contributed by atoms with Crippen molar-refractivity contribution >= 4 is 69.2 Å². The molecule has 0 saturated heterocycles. The van der Waals surface area contributed by atoms with Crippen LogP contribution in [0.1, 0.15) is 10.4 Å². The number of nitrogens with zero attached hydrogens (tertiary/aromatic N) is 3. The molecule has 2 aromatic heterocycles. The average molecular weight is 476 g/mol. The molecule has 0 spiro atoms. The highest BCUT2D eigenvalue weighted by Crippen LogP contribution is 2.33. The van der Waals surface area contributed by atoms with Gasteiger partial charge in [0.2, 0.25) is 5.95 Å². The smallest absolute Gasteiger partial charge is 0.256 e. The Kier molecular flexibility index (Phi) is 6.29. The SMILES string of the molecule is NCCn1c(Nc2c(Cl)cccc2Cl)nc2cc(C(=O)Nc3cc(Cl)ccn3)ccc21. The van der Waals surface area contributed by atoms with E-state index in [1.807, 2.05) is 10.6 Å². The molecule has 0 radical (unpaired) electrons. The topological polar surface area (TPSA) is 97.9 Å². The van der Waals surface area contributed by atoms with Gasteiger partial charge in [0.15, 0.2) is 0 Å². The van der Waals surface area contributed by atoms with Crippen molar-refractivity contribution in [3.05, 3.63) is 75.4 Å². The second-order valence-corrected chi connectivity index (χ2v) is 7.87. The number of para-hydroxylation sites is 1. The van der Waals surface area contributed by atoms with Gasteiger partial charge in [-0.15, -0.1) is 0 Å². The maximum absolute atomic E-state index is 12.7. The lowest BCUT2D eigenvalue weighted by Crippen LogP contribution is -2.13. The Labute approximate surface area is 193 Å². The molecule has 4 rings (SSSR count). The molecule has 0 aliphatic rings. The normalized spacial score (nSPS) is 11.0. The molecular weight excluding hydrogens is 459 g/mol. The van der Waals surface area contributed by atoms with Crippen LogP contribution in [-0.2, 0) is 6.54 Å². The van der Waals surface area contributed by atoms with E-state index in [2.05, 4.69) is 20.6 Å². The minimum Gasteiger partial charge on any atom is -0.329 e. The van der Waals surface area contributed by atoms with E-state index in [9.17, 15) is 4.79 Å². The van der Waals surface area contributed by atoms with E-state index < -0.39 is 0 Å². The maximum Gasteiger partial charge on any atom is 0.256 e. The zero-order chi connectivity index (χ0) is 22.0. The van der Waals surface area contributed by atoms with Crippen LogP contribution in [0.4, 0.5) is 17.5 Å². The minimum atomic E-state index is -0.325. The number of amides is 1. The number of hydrogen-bond donors (Lipinski definition) is 3. The number of carbonyl (C=O) groups excluding carboxylic acids is 1. The highest BCUT2D eigenvalue weighted by Gasteiger charge is 2.16. The molecule has 158 valence electrons. The van der Waals surface area contributed by atoms with Gasteiger partial charge in [-0.1, -0.05) is 40.9 Å². The van der Waals surface area contributed by atoms with Crippen LogP contribution >= 0.6 is 34.8 Å². The Morgan fingerprint density at radius 2 is 1.84 bits per heavy atom. The average Bonchev–Trinajstić information content (AvgIpc) is 3.07. The number of rotatable bonds is 6. The summed E-state index contributed by atoms with van der Waals surface area (Å²) < 4.78 is 1.91. The van der Waals surface area contributed by atoms with Crippen LogP contribution in [0.15, 0.2) is 54.7 Å². The first-order chi connectivity index (χ1) is 15.0. The van der Waals surface area contributed by atoms with Gasteiger partial charge in [0.05, 0.1) is 26.8 Å². The molecule has 0 bridgehead atoms. The number of carbonyl (C=O) groups is 1. The second kappa shape index (κ2) is 9.11. The first-order valence-corrected chi connectivity index (χ1v) is 10.4. The van der Waals surface area contributed by atoms with Crippen LogP contribution < -0.4 is 16.4 Å². The standard InChI is InChI=1S/C21H17Cl3N6O/c22-13-6-8-26-18(11-13)28-20(31)12-4-5-17-16(10-12)27-21(30(17)9-7-25)29-19-14(23)2-1-3-15(19)24/h1-6,8,10-11H,7,9,25H2,(H,27,29)(H,26,28,31). The molecule has 2 heterocycles. The van der Waals surface area contributed by atoms with Crippen molar-refractivity contribution in [1.82, 2.24) is 14.5 Å². The minimum absolute atomic E-state index is 0.325. The quantitative estimate of drug-likeness (QED) is 0.349. The summed E-state index contributed by atoms with van der Waals surface area (Å²) >= 11 is 18.5. The fraction of sp³-hybridized carbons (Fsp3) is 0.0952. The third kappa shape index (κ3) is 4.60. The Hall–Kier alpha value is -2.84. The van der Waals surface area contributed by atoms with Crippen molar-refractivity contribution in [3.8, 4) is 0 Å². The Balaban J connectivity index is 1.69. The van der Waals surface area contributed by atoms with E-state index in [0.29, 0.717) is 56.7 Å². The van der Waals surface area contributed by atoms with Gasteiger partial charge in [0.1, 0.15) is 5.82 Å². The number of pyridine rings is 1. The van der Waals surface area contributed by atoms with E-state index in [-0.39, 0.29) is 5.91 Å². The lowest BCUT2D eigenvalue weighted by atomic mass is 10.2. The highest BCUT2D eigenvalue weighted by atomic mass is 35.5. The van der Waals surface area contributed by atoms with Crippen LogP contribution in [0.3, 0.4) is 0 Å². The monoisotopic (exact) mass is 474 g/mol. The fourth-order valence-electron chi connectivity index (χ4n) is 3.11. The van der Waals surface area contributed by atoms with E-state index in [4.69, 9.17) is 40.5 Å². The Morgan fingerprint density at radius 3 is 2.55 bits per heavy atom. The molecule has 10 heteroatoms. The van der Waals surface area contributed by atoms with Gasteiger partial charge in [0.25, 0.3) is 5.91 Å². The Morgan fingerprint density at radius 1 is 1.06 bits per heavy atom. The first-order valence-electron chi connectivity index (χ1n) is 9.30. The lowest BCUT2D eigenvalue weighted by Gasteiger charge is -2.12.